The van der Waals surface area contributed by atoms with Crippen LogP contribution < -0.4 is 14.2 Å². The van der Waals surface area contributed by atoms with Crippen molar-refractivity contribution in [3.8, 4) is 17.2 Å². The molecule has 132 valence electrons. The van der Waals surface area contributed by atoms with E-state index >= 15 is 0 Å². The van der Waals surface area contributed by atoms with Gasteiger partial charge >= 0.3 is 11.9 Å². The Morgan fingerprint density at radius 2 is 1.92 bits per heavy atom. The Kier molecular flexibility index (Phi) is 4.65. The highest BCUT2D eigenvalue weighted by molar-refractivity contribution is 5.91. The third kappa shape index (κ3) is 3.45. The van der Waals surface area contributed by atoms with E-state index < -0.39 is 11.9 Å². The zero-order valence-corrected chi connectivity index (χ0v) is 14.3. The van der Waals surface area contributed by atoms with E-state index in [0.717, 1.165) is 5.69 Å². The van der Waals surface area contributed by atoms with Gasteiger partial charge in [-0.3, -0.25) is 0 Å². The number of rotatable bonds is 5. The Balaban J connectivity index is 1.72. The largest absolute Gasteiger partial charge is 0.462 e. The van der Waals surface area contributed by atoms with Gasteiger partial charge in [-0.25, -0.2) is 9.59 Å². The lowest BCUT2D eigenvalue weighted by molar-refractivity contribution is -0.135. The highest BCUT2D eigenvalue weighted by atomic mass is 16.7. The molecule has 1 aromatic carbocycles. The van der Waals surface area contributed by atoms with Crippen molar-refractivity contribution in [3.05, 3.63) is 41.2 Å². The quantitative estimate of drug-likeness (QED) is 0.612. The Labute approximate surface area is 145 Å². The monoisotopic (exact) mass is 345 g/mol. The van der Waals surface area contributed by atoms with Crippen LogP contribution in [0.1, 0.15) is 28.7 Å². The molecule has 7 heteroatoms. The van der Waals surface area contributed by atoms with E-state index in [2.05, 4.69) is 0 Å². The van der Waals surface area contributed by atoms with Crippen molar-refractivity contribution in [2.24, 2.45) is 0 Å². The number of hydrogen-bond donors (Lipinski definition) is 0. The fourth-order valence-electron chi connectivity index (χ4n) is 2.69. The molecular weight excluding hydrogens is 326 g/mol. The van der Waals surface area contributed by atoms with Crippen molar-refractivity contribution in [1.29, 1.82) is 0 Å². The van der Waals surface area contributed by atoms with Gasteiger partial charge in [0.1, 0.15) is 12.3 Å². The molecule has 0 saturated carbocycles. The molecule has 0 spiro atoms. The van der Waals surface area contributed by atoms with E-state index in [1.54, 1.807) is 42.7 Å². The number of ether oxygens (including phenoxy) is 4. The number of carbonyl (C=O) groups excluding carboxylic acids is 2. The molecule has 0 radical (unpaired) electrons. The maximum atomic E-state index is 12.3. The second kappa shape index (κ2) is 6.88. The molecule has 0 aliphatic carbocycles. The summed E-state index contributed by atoms with van der Waals surface area (Å²) in [7, 11) is 0. The van der Waals surface area contributed by atoms with E-state index in [-0.39, 0.29) is 13.3 Å². The topological polar surface area (TPSA) is 76.0 Å². The number of fused-ring (bicyclic) bond motifs is 1. The Morgan fingerprint density at radius 3 is 2.68 bits per heavy atom. The van der Waals surface area contributed by atoms with E-state index in [1.807, 2.05) is 6.92 Å². The molecule has 3 rings (SSSR count). The first-order chi connectivity index (χ1) is 12.0. The summed E-state index contributed by atoms with van der Waals surface area (Å²) in [5, 5.41) is 0. The maximum Gasteiger partial charge on any atom is 0.339 e. The first-order valence-electron chi connectivity index (χ1n) is 7.93. The normalized spacial score (nSPS) is 12.1. The highest BCUT2D eigenvalue weighted by Crippen LogP contribution is 2.35. The third-order valence-corrected chi connectivity index (χ3v) is 3.93. The van der Waals surface area contributed by atoms with E-state index in [0.29, 0.717) is 35.1 Å². The van der Waals surface area contributed by atoms with Gasteiger partial charge in [-0.1, -0.05) is 0 Å². The van der Waals surface area contributed by atoms with Gasteiger partial charge in [-0.15, -0.1) is 0 Å². The minimum absolute atomic E-state index is 0.00842. The highest BCUT2D eigenvalue weighted by Gasteiger charge is 2.20. The van der Waals surface area contributed by atoms with Crippen LogP contribution >= 0.6 is 0 Å². The third-order valence-electron chi connectivity index (χ3n) is 3.93. The summed E-state index contributed by atoms with van der Waals surface area (Å²) in [5.41, 5.74) is 1.90. The summed E-state index contributed by atoms with van der Waals surface area (Å²) in [6, 6.07) is 6.65. The van der Waals surface area contributed by atoms with Gasteiger partial charge in [-0.05, 0) is 39.0 Å². The molecule has 0 atom stereocenters. The van der Waals surface area contributed by atoms with Gasteiger partial charge in [0.15, 0.2) is 11.5 Å². The minimum Gasteiger partial charge on any atom is -0.462 e. The fourth-order valence-corrected chi connectivity index (χ4v) is 2.69. The van der Waals surface area contributed by atoms with E-state index in [1.165, 1.54) is 0 Å². The summed E-state index contributed by atoms with van der Waals surface area (Å²) < 4.78 is 22.6. The molecule has 2 heterocycles. The zero-order chi connectivity index (χ0) is 18.0. The predicted molar refractivity (Wildman–Crippen MR) is 88.1 cm³/mol. The molecule has 7 nitrogen and oxygen atoms in total. The summed E-state index contributed by atoms with van der Waals surface area (Å²) in [5.74, 6) is 0.698. The van der Waals surface area contributed by atoms with Crippen LogP contribution in [0.3, 0.4) is 0 Å². The average molecular weight is 345 g/mol. The number of benzene rings is 1. The van der Waals surface area contributed by atoms with Gasteiger partial charge < -0.3 is 23.5 Å². The van der Waals surface area contributed by atoms with Crippen LogP contribution in [0.25, 0.3) is 0 Å². The maximum absolute atomic E-state index is 12.3. The van der Waals surface area contributed by atoms with Crippen molar-refractivity contribution in [2.45, 2.75) is 27.3 Å². The molecule has 1 aliphatic rings. The second-order valence-corrected chi connectivity index (χ2v) is 5.58. The van der Waals surface area contributed by atoms with Gasteiger partial charge in [-0.2, -0.15) is 0 Å². The lowest BCUT2D eigenvalue weighted by atomic mass is 10.2. The molecule has 0 saturated heterocycles. The lowest BCUT2D eigenvalue weighted by Gasteiger charge is -2.10. The molecular formula is C18H19NO6. The fraction of sp³-hybridized carbons (Fsp3) is 0.333. The SMILES string of the molecule is CCOC(=O)c1cc(C)n(CC(=O)Oc2ccc3c(c2)OCO3)c1C. The summed E-state index contributed by atoms with van der Waals surface area (Å²) in [6.07, 6.45) is 0. The van der Waals surface area contributed by atoms with Crippen LogP contribution in [0, 0.1) is 13.8 Å². The van der Waals surface area contributed by atoms with Gasteiger partial charge in [0.2, 0.25) is 6.79 Å². The number of aromatic nitrogens is 1. The second-order valence-electron chi connectivity index (χ2n) is 5.58. The Bertz CT molecular complexity index is 823. The Hall–Kier alpha value is -2.96. The molecule has 0 amide bonds. The minimum atomic E-state index is -0.448. The molecule has 1 aromatic heterocycles. The number of esters is 2. The smallest absolute Gasteiger partial charge is 0.339 e. The average Bonchev–Trinajstić information content (AvgIpc) is 3.14. The summed E-state index contributed by atoms with van der Waals surface area (Å²) in [6.45, 7) is 5.79. The van der Waals surface area contributed by atoms with Crippen molar-refractivity contribution >= 4 is 11.9 Å². The van der Waals surface area contributed by atoms with Gasteiger partial charge in [0.25, 0.3) is 0 Å². The molecule has 2 aromatic rings. The van der Waals surface area contributed by atoms with Crippen LogP contribution in [0.2, 0.25) is 0 Å². The first kappa shape index (κ1) is 16.9. The van der Waals surface area contributed by atoms with Gasteiger partial charge in [0, 0.05) is 17.5 Å². The molecule has 25 heavy (non-hydrogen) atoms. The standard InChI is InChI=1S/C18H19NO6/c1-4-22-18(21)14-7-11(2)19(12(14)3)9-17(20)25-13-5-6-15-16(8-13)24-10-23-15/h5-8H,4,9-10H2,1-3H3. The van der Waals surface area contributed by atoms with Crippen LogP contribution in [-0.2, 0) is 16.1 Å². The Morgan fingerprint density at radius 1 is 1.16 bits per heavy atom. The van der Waals surface area contributed by atoms with Crippen molar-refractivity contribution in [3.63, 3.8) is 0 Å². The van der Waals surface area contributed by atoms with Crippen LogP contribution in [0.5, 0.6) is 17.2 Å². The van der Waals surface area contributed by atoms with Crippen LogP contribution in [0.15, 0.2) is 24.3 Å². The van der Waals surface area contributed by atoms with E-state index in [9.17, 15) is 9.59 Å². The number of nitrogens with zero attached hydrogens (tertiary/aromatic N) is 1. The number of hydrogen-bond acceptors (Lipinski definition) is 6. The van der Waals surface area contributed by atoms with Crippen molar-refractivity contribution in [2.75, 3.05) is 13.4 Å². The van der Waals surface area contributed by atoms with Gasteiger partial charge in [0.05, 0.1) is 12.2 Å². The molecule has 1 aliphatic heterocycles. The zero-order valence-electron chi connectivity index (χ0n) is 14.3. The molecule has 0 N–H and O–H groups in total. The van der Waals surface area contributed by atoms with E-state index in [4.69, 9.17) is 18.9 Å². The first-order valence-corrected chi connectivity index (χ1v) is 7.93. The summed E-state index contributed by atoms with van der Waals surface area (Å²) >= 11 is 0. The molecule has 0 fully saturated rings. The summed E-state index contributed by atoms with van der Waals surface area (Å²) in [4.78, 5) is 24.2. The van der Waals surface area contributed by atoms with Crippen molar-refractivity contribution in [1.82, 2.24) is 4.57 Å². The van der Waals surface area contributed by atoms with Crippen molar-refractivity contribution < 1.29 is 28.5 Å². The number of carbonyl (C=O) groups is 2. The lowest BCUT2D eigenvalue weighted by Crippen LogP contribution is -2.18. The molecule has 0 unspecified atom stereocenters. The molecule has 0 bridgehead atoms. The number of aryl methyl sites for hydroxylation is 1. The van der Waals surface area contributed by atoms with Crippen LogP contribution in [0.4, 0.5) is 0 Å². The predicted octanol–water partition coefficient (Wildman–Crippen LogP) is 2.62. The van der Waals surface area contributed by atoms with Crippen LogP contribution in [-0.4, -0.2) is 29.9 Å².